The number of fused-ring (bicyclic) bond motifs is 1. The van der Waals surface area contributed by atoms with Crippen LogP contribution >= 0.6 is 0 Å². The summed E-state index contributed by atoms with van der Waals surface area (Å²) in [6.45, 7) is 4.89. The van der Waals surface area contributed by atoms with Crippen molar-refractivity contribution in [2.24, 2.45) is 10.7 Å². The molecule has 2 aromatic carbocycles. The van der Waals surface area contributed by atoms with Gasteiger partial charge in [-0.05, 0) is 31.1 Å². The fraction of sp³-hybridized carbons (Fsp3) is 0.405. The predicted molar refractivity (Wildman–Crippen MR) is 199 cm³/mol. The van der Waals surface area contributed by atoms with E-state index in [4.69, 9.17) is 24.8 Å². The van der Waals surface area contributed by atoms with E-state index in [1.165, 1.54) is 5.06 Å². The number of carbonyl (C=O) groups excluding carboxylic acids is 3. The van der Waals surface area contributed by atoms with Gasteiger partial charge < -0.3 is 30.0 Å². The number of thiol groups is 1. The first-order valence-electron chi connectivity index (χ1n) is 18.0. The number of aliphatic imine (C=N–C) groups is 1. The summed E-state index contributed by atoms with van der Waals surface area (Å²) in [5.41, 5.74) is 9.47. The molecule has 2 amide bonds. The van der Waals surface area contributed by atoms with E-state index >= 15 is 0 Å². The number of rotatable bonds is 22. The molecule has 1 aliphatic rings. The highest BCUT2D eigenvalue weighted by Gasteiger charge is 2.30. The fourth-order valence-electron chi connectivity index (χ4n) is 5.19. The van der Waals surface area contributed by atoms with Crippen molar-refractivity contribution >= 4 is 46.1 Å². The number of nitrogens with two attached hydrogens (primary N) is 1. The summed E-state index contributed by atoms with van der Waals surface area (Å²) >= 11 is 0. The number of aromatic nitrogens is 2. The van der Waals surface area contributed by atoms with Gasteiger partial charge in [-0.25, -0.2) is 37.2 Å². The molecule has 4 rings (SSSR count). The van der Waals surface area contributed by atoms with Crippen LogP contribution in [0.25, 0.3) is 17.2 Å². The molecular formula is C37H42F4N6O10S. The molecule has 0 aliphatic carbocycles. The Morgan fingerprint density at radius 1 is 0.862 bits per heavy atom. The molecule has 0 saturated carbocycles. The minimum Gasteiger partial charge on any atom is -0.420 e. The molecule has 0 radical (unpaired) electrons. The quantitative estimate of drug-likeness (QED) is 0.0251. The van der Waals surface area contributed by atoms with Crippen molar-refractivity contribution in [3.05, 3.63) is 70.8 Å². The Kier molecular flexibility index (Phi) is 17.6. The fourth-order valence-corrected chi connectivity index (χ4v) is 5.71. The van der Waals surface area contributed by atoms with E-state index in [1.54, 1.807) is 18.5 Å². The van der Waals surface area contributed by atoms with Crippen LogP contribution in [0.4, 0.5) is 23.2 Å². The number of amidine groups is 1. The summed E-state index contributed by atoms with van der Waals surface area (Å²) in [5.74, 6) is -11.6. The zero-order valence-electron chi connectivity index (χ0n) is 31.6. The van der Waals surface area contributed by atoms with Crippen LogP contribution in [0.2, 0.25) is 0 Å². The number of hydrogen-bond donors (Lipinski definition) is 3. The first-order chi connectivity index (χ1) is 27.8. The highest BCUT2D eigenvalue weighted by Crippen LogP contribution is 2.33. The van der Waals surface area contributed by atoms with Crippen LogP contribution in [-0.4, -0.2) is 99.9 Å². The van der Waals surface area contributed by atoms with Crippen molar-refractivity contribution in [3.8, 4) is 16.9 Å². The number of benzene rings is 2. The number of esters is 1. The first kappa shape index (κ1) is 45.4. The molecule has 58 heavy (non-hydrogen) atoms. The molecule has 2 heterocycles. The third kappa shape index (κ3) is 12.8. The van der Waals surface area contributed by atoms with Crippen molar-refractivity contribution in [2.75, 3.05) is 52.8 Å². The van der Waals surface area contributed by atoms with Gasteiger partial charge in [-0.1, -0.05) is 19.1 Å². The summed E-state index contributed by atoms with van der Waals surface area (Å²) < 4.78 is 97.2. The summed E-state index contributed by atoms with van der Waals surface area (Å²) in [5, 5.41) is 4.07. The van der Waals surface area contributed by atoms with Gasteiger partial charge >= 0.3 is 5.97 Å². The number of hydrogen-bond acceptors (Lipinski definition) is 14. The molecule has 0 saturated heterocycles. The Balaban J connectivity index is 1.09. The Morgan fingerprint density at radius 3 is 2.09 bits per heavy atom. The van der Waals surface area contributed by atoms with Crippen LogP contribution in [0.3, 0.4) is 0 Å². The van der Waals surface area contributed by atoms with Gasteiger partial charge in [-0.2, -0.15) is 8.78 Å². The molecule has 0 unspecified atom stereocenters. The predicted octanol–water partition coefficient (Wildman–Crippen LogP) is 3.69. The minimum atomic E-state index is -3.99. The monoisotopic (exact) mass is 838 g/mol. The first-order valence-corrected chi connectivity index (χ1v) is 19.2. The molecule has 1 aromatic heterocycles. The molecule has 1 aliphatic heterocycles. The van der Waals surface area contributed by atoms with Crippen LogP contribution in [0.15, 0.2) is 46.1 Å². The van der Waals surface area contributed by atoms with E-state index < -0.39 is 57.0 Å². The maximum atomic E-state index is 13.9. The van der Waals surface area contributed by atoms with Crippen molar-refractivity contribution in [1.82, 2.24) is 20.3 Å². The van der Waals surface area contributed by atoms with Gasteiger partial charge in [0.25, 0.3) is 5.91 Å². The molecule has 0 fully saturated rings. The Morgan fingerprint density at radius 2 is 1.48 bits per heavy atom. The van der Waals surface area contributed by atoms with Crippen LogP contribution in [0.1, 0.15) is 50.9 Å². The third-order valence-corrected chi connectivity index (χ3v) is 8.72. The van der Waals surface area contributed by atoms with Crippen LogP contribution in [0, 0.1) is 23.3 Å². The Hall–Kier alpha value is -5.35. The van der Waals surface area contributed by atoms with E-state index in [2.05, 4.69) is 25.0 Å². The van der Waals surface area contributed by atoms with E-state index in [0.717, 1.165) is 17.5 Å². The minimum absolute atomic E-state index is 0.00252. The van der Waals surface area contributed by atoms with E-state index in [-0.39, 0.29) is 70.8 Å². The number of amides is 2. The third-order valence-electron chi connectivity index (χ3n) is 7.96. The maximum absolute atomic E-state index is 13.9. The van der Waals surface area contributed by atoms with Crippen LogP contribution in [0.5, 0.6) is 5.75 Å². The zero-order chi connectivity index (χ0) is 42.2. The van der Waals surface area contributed by atoms with Crippen LogP contribution < -0.4 is 15.8 Å². The lowest BCUT2D eigenvalue weighted by molar-refractivity contribution is -0.180. The Bertz CT molecular complexity index is 2040. The number of halogens is 4. The van der Waals surface area contributed by atoms with Gasteiger partial charge in [0.1, 0.15) is 16.6 Å². The van der Waals surface area contributed by atoms with E-state index in [1.807, 2.05) is 32.0 Å². The second kappa shape index (κ2) is 22.6. The standard InChI is InChI=1S/C37H42F4N6O10S/c1-3-9-47(56-4-2)37(50)24-16-23-6-5-22(17-26(23)46-27(42)18-24)25-19-43-28(44-20-25)21-45-29(48)7-10-53-12-14-55-15-13-54-11-8-30(49)57-35-31(38)33(40)36(58(51)52)34(41)32(35)39/h5-6,16-17,19-20,58H,3-4,7-15,18,21H2,1-2H3,(H2,42,46)(H,45,48). The van der Waals surface area contributed by atoms with Crippen molar-refractivity contribution in [2.45, 2.75) is 51.0 Å². The molecule has 21 heteroatoms. The second-order valence-electron chi connectivity index (χ2n) is 12.2. The molecule has 3 aromatic rings. The normalized spacial score (nSPS) is 12.4. The van der Waals surface area contributed by atoms with E-state index in [9.17, 15) is 40.4 Å². The summed E-state index contributed by atoms with van der Waals surface area (Å²) in [4.78, 5) is 54.2. The molecule has 3 N–H and O–H groups in total. The zero-order valence-corrected chi connectivity index (χ0v) is 32.5. The molecule has 16 nitrogen and oxygen atoms in total. The average Bonchev–Trinajstić information content (AvgIpc) is 3.37. The van der Waals surface area contributed by atoms with Crippen molar-refractivity contribution in [3.63, 3.8) is 0 Å². The molecule has 0 bridgehead atoms. The van der Waals surface area contributed by atoms with Crippen molar-refractivity contribution < 1.29 is 64.1 Å². The number of nitrogens with one attached hydrogen (secondary N) is 1. The number of nitrogens with zero attached hydrogens (tertiary/aromatic N) is 4. The van der Waals surface area contributed by atoms with Gasteiger partial charge in [-0.3, -0.25) is 19.2 Å². The Labute approximate surface area is 332 Å². The summed E-state index contributed by atoms with van der Waals surface area (Å²) in [6.07, 6.45) is 5.45. The summed E-state index contributed by atoms with van der Waals surface area (Å²) in [6, 6.07) is 5.54. The highest BCUT2D eigenvalue weighted by molar-refractivity contribution is 7.72. The lowest BCUT2D eigenvalue weighted by Gasteiger charge is -2.21. The topological polar surface area (TPSA) is 211 Å². The number of carbonyl (C=O) groups is 3. The number of hydroxylamine groups is 2. The van der Waals surface area contributed by atoms with Gasteiger partial charge in [-0.15, -0.1) is 0 Å². The van der Waals surface area contributed by atoms with E-state index in [0.29, 0.717) is 41.6 Å². The SMILES string of the molecule is CCCN(OCC)C(=O)C1=Cc2ccc(-c3cnc(CNC(=O)CCOCCOCCOCCC(=O)Oc4c(F)c(F)c([SH](=O)=O)c(F)c4F)nc3)cc2N=C(N)C1. The lowest BCUT2D eigenvalue weighted by Crippen LogP contribution is -2.34. The van der Waals surface area contributed by atoms with Crippen molar-refractivity contribution in [1.29, 1.82) is 0 Å². The largest absolute Gasteiger partial charge is 0.420 e. The number of ether oxygens (including phenoxy) is 4. The van der Waals surface area contributed by atoms with Crippen LogP contribution in [-0.2, 0) is 50.7 Å². The van der Waals surface area contributed by atoms with Gasteiger partial charge in [0.05, 0.1) is 64.9 Å². The molecule has 0 spiro atoms. The maximum Gasteiger partial charge on any atom is 0.313 e. The van der Waals surface area contributed by atoms with Gasteiger partial charge in [0.2, 0.25) is 23.3 Å². The molecular weight excluding hydrogens is 796 g/mol. The second-order valence-corrected chi connectivity index (χ2v) is 13.2. The van der Waals surface area contributed by atoms with Gasteiger partial charge in [0, 0.05) is 48.5 Å². The smallest absolute Gasteiger partial charge is 0.313 e. The average molecular weight is 839 g/mol. The highest BCUT2D eigenvalue weighted by atomic mass is 32.2. The summed E-state index contributed by atoms with van der Waals surface area (Å²) in [7, 11) is -3.99. The van der Waals surface area contributed by atoms with Gasteiger partial charge in [0.15, 0.2) is 22.3 Å². The molecule has 0 atom stereocenters. The lowest BCUT2D eigenvalue weighted by atomic mass is 10.0. The molecule has 314 valence electrons.